The number of nitro benzene ring substituents is 1. The summed E-state index contributed by atoms with van der Waals surface area (Å²) in [5.41, 5.74) is 0.700. The van der Waals surface area contributed by atoms with Gasteiger partial charge < -0.3 is 10.1 Å². The summed E-state index contributed by atoms with van der Waals surface area (Å²) in [5, 5.41) is 13.7. The van der Waals surface area contributed by atoms with Gasteiger partial charge in [0, 0.05) is 12.1 Å². The van der Waals surface area contributed by atoms with E-state index in [-0.39, 0.29) is 29.9 Å². The molecule has 0 fully saturated rings. The van der Waals surface area contributed by atoms with Gasteiger partial charge in [-0.05, 0) is 30.0 Å². The summed E-state index contributed by atoms with van der Waals surface area (Å²) in [6, 6.07) is 11.7. The Balaban J connectivity index is 2.07. The van der Waals surface area contributed by atoms with Crippen molar-refractivity contribution >= 4 is 27.3 Å². The summed E-state index contributed by atoms with van der Waals surface area (Å²) in [4.78, 5) is 23.1. The van der Waals surface area contributed by atoms with Crippen molar-refractivity contribution in [2.45, 2.75) is 39.2 Å². The molecular formula is C22H29N3O6S. The monoisotopic (exact) mass is 463 g/mol. The zero-order valence-corrected chi connectivity index (χ0v) is 19.7. The van der Waals surface area contributed by atoms with Crippen LogP contribution in [-0.2, 0) is 20.2 Å². The molecule has 0 aliphatic carbocycles. The van der Waals surface area contributed by atoms with Crippen molar-refractivity contribution in [2.24, 2.45) is 0 Å². The van der Waals surface area contributed by atoms with Gasteiger partial charge in [-0.15, -0.1) is 0 Å². The minimum atomic E-state index is -3.88. The van der Waals surface area contributed by atoms with E-state index < -0.39 is 26.9 Å². The summed E-state index contributed by atoms with van der Waals surface area (Å²) >= 11 is 0. The van der Waals surface area contributed by atoms with Gasteiger partial charge in [0.25, 0.3) is 5.69 Å². The first-order chi connectivity index (χ1) is 14.8. The largest absolute Gasteiger partial charge is 0.491 e. The molecule has 9 nitrogen and oxygen atoms in total. The number of sulfonamides is 1. The molecule has 2 aromatic carbocycles. The number of benzene rings is 2. The van der Waals surface area contributed by atoms with Crippen LogP contribution >= 0.6 is 0 Å². The molecule has 174 valence electrons. The third-order valence-electron chi connectivity index (χ3n) is 4.74. The van der Waals surface area contributed by atoms with Crippen molar-refractivity contribution in [3.8, 4) is 5.75 Å². The molecule has 1 unspecified atom stereocenters. The van der Waals surface area contributed by atoms with Gasteiger partial charge in [0.2, 0.25) is 15.9 Å². The van der Waals surface area contributed by atoms with Crippen LogP contribution in [0.5, 0.6) is 5.75 Å². The van der Waals surface area contributed by atoms with Crippen molar-refractivity contribution in [2.75, 3.05) is 23.7 Å². The fourth-order valence-corrected chi connectivity index (χ4v) is 4.41. The van der Waals surface area contributed by atoms with Crippen LogP contribution in [0.1, 0.15) is 33.3 Å². The minimum Gasteiger partial charge on any atom is -0.491 e. The van der Waals surface area contributed by atoms with E-state index in [4.69, 9.17) is 4.74 Å². The fourth-order valence-electron chi connectivity index (χ4n) is 3.25. The number of rotatable bonds is 9. The number of nitro groups is 1. The topological polar surface area (TPSA) is 119 Å². The summed E-state index contributed by atoms with van der Waals surface area (Å²) in [6.45, 7) is 8.01. The second-order valence-corrected chi connectivity index (χ2v) is 10.3. The Morgan fingerprint density at radius 2 is 1.84 bits per heavy atom. The van der Waals surface area contributed by atoms with Crippen LogP contribution in [0, 0.1) is 10.1 Å². The normalized spacial score (nSPS) is 12.7. The summed E-state index contributed by atoms with van der Waals surface area (Å²) < 4.78 is 31.4. The smallest absolute Gasteiger partial charge is 0.271 e. The molecule has 1 N–H and O–H groups in total. The Hall–Kier alpha value is -3.14. The van der Waals surface area contributed by atoms with Crippen LogP contribution in [0.4, 0.5) is 11.4 Å². The molecule has 1 amide bonds. The predicted molar refractivity (Wildman–Crippen MR) is 124 cm³/mol. The number of carbonyl (C=O) groups excluding carboxylic acids is 1. The average molecular weight is 464 g/mol. The van der Waals surface area contributed by atoms with Crippen molar-refractivity contribution in [1.82, 2.24) is 5.32 Å². The van der Waals surface area contributed by atoms with E-state index in [0.717, 1.165) is 27.9 Å². The Morgan fingerprint density at radius 3 is 2.44 bits per heavy atom. The molecular weight excluding hydrogens is 434 g/mol. The minimum absolute atomic E-state index is 0.0414. The second kappa shape index (κ2) is 9.99. The van der Waals surface area contributed by atoms with Crippen molar-refractivity contribution in [1.29, 1.82) is 0 Å². The first-order valence-corrected chi connectivity index (χ1v) is 11.9. The standard InChI is InChI=1S/C22H29N3O6S/c1-16(24(32(5,29)30)17-9-8-10-18(15-17)25(27)28)21(26)23-13-14-31-20-12-7-6-11-19(20)22(2,3)4/h6-12,15-16H,13-14H2,1-5H3,(H,23,26). The number of hydrogen-bond donors (Lipinski definition) is 1. The Bertz CT molecular complexity index is 1080. The molecule has 0 heterocycles. The SMILES string of the molecule is CC(C(=O)NCCOc1ccccc1C(C)(C)C)N(c1cccc([N+](=O)[O-])c1)S(C)(=O)=O. The zero-order valence-electron chi connectivity index (χ0n) is 18.9. The van der Waals surface area contributed by atoms with Crippen molar-refractivity contribution < 1.29 is 22.9 Å². The number of amides is 1. The van der Waals surface area contributed by atoms with Gasteiger partial charge in [-0.1, -0.05) is 45.0 Å². The van der Waals surface area contributed by atoms with E-state index in [1.54, 1.807) is 0 Å². The molecule has 0 aliphatic rings. The number of nitrogens with one attached hydrogen (secondary N) is 1. The molecule has 0 bridgehead atoms. The number of para-hydroxylation sites is 1. The molecule has 0 saturated heterocycles. The third-order valence-corrected chi connectivity index (χ3v) is 5.98. The maximum absolute atomic E-state index is 12.7. The fraction of sp³-hybridized carbons (Fsp3) is 0.409. The van der Waals surface area contributed by atoms with Crippen LogP contribution < -0.4 is 14.4 Å². The van der Waals surface area contributed by atoms with Crippen LogP contribution in [0.3, 0.4) is 0 Å². The zero-order chi connectivity index (χ0) is 24.1. The lowest BCUT2D eigenvalue weighted by Crippen LogP contribution is -2.48. The number of nitrogens with zero attached hydrogens (tertiary/aromatic N) is 2. The predicted octanol–water partition coefficient (Wildman–Crippen LogP) is 3.24. The number of non-ortho nitro benzene ring substituents is 1. The maximum Gasteiger partial charge on any atom is 0.271 e. The summed E-state index contributed by atoms with van der Waals surface area (Å²) in [5.74, 6) is 0.172. The summed E-state index contributed by atoms with van der Waals surface area (Å²) in [6.07, 6.45) is 0.947. The van der Waals surface area contributed by atoms with Crippen molar-refractivity contribution in [3.05, 3.63) is 64.2 Å². The third kappa shape index (κ3) is 6.43. The lowest BCUT2D eigenvalue weighted by atomic mass is 9.86. The number of anilines is 1. The Morgan fingerprint density at radius 1 is 1.19 bits per heavy atom. The molecule has 2 rings (SSSR count). The van der Waals surface area contributed by atoms with Gasteiger partial charge >= 0.3 is 0 Å². The Labute approximate surface area is 188 Å². The van der Waals surface area contributed by atoms with Crippen LogP contribution in [0.2, 0.25) is 0 Å². The number of carbonyl (C=O) groups is 1. The van der Waals surface area contributed by atoms with Gasteiger partial charge in [0.05, 0.1) is 23.4 Å². The molecule has 32 heavy (non-hydrogen) atoms. The highest BCUT2D eigenvalue weighted by Gasteiger charge is 2.30. The van der Waals surface area contributed by atoms with Crippen LogP contribution in [0.15, 0.2) is 48.5 Å². The van der Waals surface area contributed by atoms with E-state index in [0.29, 0.717) is 0 Å². The Kier molecular flexibility index (Phi) is 7.84. The highest BCUT2D eigenvalue weighted by Crippen LogP contribution is 2.31. The molecule has 0 aromatic heterocycles. The quantitative estimate of drug-likeness (QED) is 0.346. The van der Waals surface area contributed by atoms with Gasteiger partial charge in [-0.3, -0.25) is 19.2 Å². The van der Waals surface area contributed by atoms with Crippen LogP contribution in [0.25, 0.3) is 0 Å². The summed E-state index contributed by atoms with van der Waals surface area (Å²) in [7, 11) is -3.88. The van der Waals surface area contributed by atoms with E-state index in [2.05, 4.69) is 26.1 Å². The van der Waals surface area contributed by atoms with Crippen LogP contribution in [-0.4, -0.2) is 44.7 Å². The van der Waals surface area contributed by atoms with Gasteiger partial charge in [0.1, 0.15) is 18.4 Å². The van der Waals surface area contributed by atoms with Gasteiger partial charge in [-0.2, -0.15) is 0 Å². The van der Waals surface area contributed by atoms with Gasteiger partial charge in [0.15, 0.2) is 0 Å². The highest BCUT2D eigenvalue weighted by molar-refractivity contribution is 7.92. The van der Waals surface area contributed by atoms with E-state index in [1.807, 2.05) is 24.3 Å². The lowest BCUT2D eigenvalue weighted by molar-refractivity contribution is -0.384. The van der Waals surface area contributed by atoms with Crippen molar-refractivity contribution in [3.63, 3.8) is 0 Å². The molecule has 1 atom stereocenters. The average Bonchev–Trinajstić information content (AvgIpc) is 2.69. The maximum atomic E-state index is 12.7. The molecule has 0 radical (unpaired) electrons. The molecule has 0 aliphatic heterocycles. The number of ether oxygens (including phenoxy) is 1. The molecule has 0 spiro atoms. The molecule has 10 heteroatoms. The first-order valence-electron chi connectivity index (χ1n) is 10.1. The van der Waals surface area contributed by atoms with E-state index in [9.17, 15) is 23.3 Å². The second-order valence-electron chi connectivity index (χ2n) is 8.40. The first kappa shape index (κ1) is 25.1. The number of hydrogen-bond acceptors (Lipinski definition) is 6. The molecule has 2 aromatic rings. The van der Waals surface area contributed by atoms with E-state index in [1.165, 1.54) is 25.1 Å². The molecule has 0 saturated carbocycles. The lowest BCUT2D eigenvalue weighted by Gasteiger charge is -2.28. The van der Waals surface area contributed by atoms with E-state index >= 15 is 0 Å². The van der Waals surface area contributed by atoms with Gasteiger partial charge in [-0.25, -0.2) is 8.42 Å². The highest BCUT2D eigenvalue weighted by atomic mass is 32.2.